The van der Waals surface area contributed by atoms with Gasteiger partial charge in [0.05, 0.1) is 11.9 Å². The topological polar surface area (TPSA) is 47.1 Å². The molecule has 0 fully saturated rings. The Morgan fingerprint density at radius 3 is 3.24 bits per heavy atom. The van der Waals surface area contributed by atoms with Crippen molar-refractivity contribution in [3.05, 3.63) is 54.5 Å². The van der Waals surface area contributed by atoms with Crippen LogP contribution >= 0.6 is 0 Å². The molecule has 1 aliphatic rings. The van der Waals surface area contributed by atoms with Crippen LogP contribution in [0.25, 0.3) is 5.65 Å². The number of aromatic nitrogens is 4. The second kappa shape index (κ2) is 5.33. The van der Waals surface area contributed by atoms with Crippen LogP contribution in [0.2, 0.25) is 0 Å². The molecular weight excluding hydrogens is 262 g/mol. The van der Waals surface area contributed by atoms with Gasteiger partial charge in [0.2, 0.25) is 0 Å². The van der Waals surface area contributed by atoms with E-state index in [-0.39, 0.29) is 0 Å². The molecule has 4 heterocycles. The summed E-state index contributed by atoms with van der Waals surface area (Å²) in [5.74, 6) is 1.92. The molecule has 0 saturated carbocycles. The number of imidazole rings is 2. The van der Waals surface area contributed by atoms with Crippen LogP contribution in [0, 0.1) is 5.92 Å². The Kier molecular flexibility index (Phi) is 3.20. The number of hydrogen-bond acceptors (Lipinski definition) is 3. The molecule has 0 bridgehead atoms. The molecular formula is C16H19N5. The first-order chi connectivity index (χ1) is 10.4. The van der Waals surface area contributed by atoms with E-state index < -0.39 is 0 Å². The quantitative estimate of drug-likeness (QED) is 0.794. The van der Waals surface area contributed by atoms with Crippen molar-refractivity contribution in [2.75, 3.05) is 6.54 Å². The molecule has 3 aromatic heterocycles. The molecule has 0 aromatic carbocycles. The highest BCUT2D eigenvalue weighted by molar-refractivity contribution is 5.39. The predicted octanol–water partition coefficient (Wildman–Crippen LogP) is 1.88. The summed E-state index contributed by atoms with van der Waals surface area (Å²) in [6, 6.07) is 6.09. The van der Waals surface area contributed by atoms with Gasteiger partial charge in [-0.2, -0.15) is 0 Å². The van der Waals surface area contributed by atoms with Crippen molar-refractivity contribution in [1.29, 1.82) is 0 Å². The van der Waals surface area contributed by atoms with Crippen molar-refractivity contribution in [1.82, 2.24) is 24.3 Å². The van der Waals surface area contributed by atoms with E-state index in [0.29, 0.717) is 5.92 Å². The number of rotatable bonds is 4. The van der Waals surface area contributed by atoms with Crippen LogP contribution in [-0.2, 0) is 19.5 Å². The van der Waals surface area contributed by atoms with Gasteiger partial charge in [-0.15, -0.1) is 0 Å². The van der Waals surface area contributed by atoms with Gasteiger partial charge in [-0.1, -0.05) is 6.07 Å². The molecule has 21 heavy (non-hydrogen) atoms. The predicted molar refractivity (Wildman–Crippen MR) is 80.9 cm³/mol. The average Bonchev–Trinajstić information content (AvgIpc) is 3.14. The van der Waals surface area contributed by atoms with Crippen LogP contribution in [0.4, 0.5) is 0 Å². The van der Waals surface area contributed by atoms with E-state index >= 15 is 0 Å². The van der Waals surface area contributed by atoms with E-state index in [0.717, 1.165) is 31.7 Å². The van der Waals surface area contributed by atoms with Gasteiger partial charge in [0, 0.05) is 44.6 Å². The Labute approximate surface area is 123 Å². The lowest BCUT2D eigenvalue weighted by Crippen LogP contribution is -2.30. The maximum atomic E-state index is 4.42. The maximum Gasteiger partial charge on any atom is 0.136 e. The molecule has 108 valence electrons. The normalized spacial score (nSPS) is 18.0. The molecule has 1 atom stereocenters. The van der Waals surface area contributed by atoms with Crippen molar-refractivity contribution in [2.45, 2.75) is 25.9 Å². The van der Waals surface area contributed by atoms with E-state index in [4.69, 9.17) is 0 Å². The number of fused-ring (bicyclic) bond motifs is 2. The molecule has 5 heteroatoms. The summed E-state index contributed by atoms with van der Waals surface area (Å²) in [5, 5.41) is 3.58. The second-order valence-corrected chi connectivity index (χ2v) is 5.71. The first-order valence-electron chi connectivity index (χ1n) is 7.52. The minimum absolute atomic E-state index is 0.686. The van der Waals surface area contributed by atoms with E-state index in [2.05, 4.69) is 36.6 Å². The number of pyridine rings is 1. The number of nitrogens with one attached hydrogen (secondary N) is 1. The fourth-order valence-corrected chi connectivity index (χ4v) is 3.12. The van der Waals surface area contributed by atoms with Gasteiger partial charge in [0.25, 0.3) is 0 Å². The monoisotopic (exact) mass is 281 g/mol. The highest BCUT2D eigenvalue weighted by Crippen LogP contribution is 2.18. The molecule has 0 saturated heterocycles. The zero-order chi connectivity index (χ0) is 14.1. The van der Waals surface area contributed by atoms with Gasteiger partial charge in [0.1, 0.15) is 11.5 Å². The van der Waals surface area contributed by atoms with Crippen LogP contribution in [0.3, 0.4) is 0 Å². The van der Waals surface area contributed by atoms with Crippen LogP contribution in [-0.4, -0.2) is 25.5 Å². The number of aryl methyl sites for hydroxylation is 1. The smallest absolute Gasteiger partial charge is 0.136 e. The average molecular weight is 281 g/mol. The molecule has 1 aliphatic heterocycles. The standard InChI is InChI=1S/C16H19N5/c1-2-7-21-14(11-19-16(21)3-1)10-17-9-13-4-5-15-18-6-8-20(15)12-13/h1-3,6-8,11,13,17H,4-5,9-10,12H2/t13-/m1/s1. The third-order valence-corrected chi connectivity index (χ3v) is 4.27. The summed E-state index contributed by atoms with van der Waals surface area (Å²) in [6.07, 6.45) is 10.3. The van der Waals surface area contributed by atoms with Crippen molar-refractivity contribution in [3.8, 4) is 0 Å². The minimum Gasteiger partial charge on any atom is -0.335 e. The molecule has 1 N–H and O–H groups in total. The lowest BCUT2D eigenvalue weighted by atomic mass is 9.99. The highest BCUT2D eigenvalue weighted by atomic mass is 15.1. The van der Waals surface area contributed by atoms with E-state index in [9.17, 15) is 0 Å². The summed E-state index contributed by atoms with van der Waals surface area (Å²) in [6.45, 7) is 2.98. The summed E-state index contributed by atoms with van der Waals surface area (Å²) >= 11 is 0. The molecule has 0 amide bonds. The van der Waals surface area contributed by atoms with Gasteiger partial charge in [-0.25, -0.2) is 9.97 Å². The molecule has 0 radical (unpaired) electrons. The maximum absolute atomic E-state index is 4.42. The van der Waals surface area contributed by atoms with Crippen LogP contribution in [0.15, 0.2) is 43.0 Å². The van der Waals surface area contributed by atoms with E-state index in [1.54, 1.807) is 0 Å². The molecule has 0 aliphatic carbocycles. The summed E-state index contributed by atoms with van der Waals surface area (Å²) < 4.78 is 4.42. The number of nitrogens with zero attached hydrogens (tertiary/aromatic N) is 4. The van der Waals surface area contributed by atoms with E-state index in [1.807, 2.05) is 30.6 Å². The van der Waals surface area contributed by atoms with Gasteiger partial charge in [0.15, 0.2) is 0 Å². The lowest BCUT2D eigenvalue weighted by molar-refractivity contribution is 0.347. The van der Waals surface area contributed by atoms with Crippen molar-refractivity contribution >= 4 is 5.65 Å². The zero-order valence-corrected chi connectivity index (χ0v) is 11.9. The molecule has 0 spiro atoms. The fraction of sp³-hybridized carbons (Fsp3) is 0.375. The molecule has 4 rings (SSSR count). The summed E-state index contributed by atoms with van der Waals surface area (Å²) in [5.41, 5.74) is 2.22. The summed E-state index contributed by atoms with van der Waals surface area (Å²) in [4.78, 5) is 8.79. The third kappa shape index (κ3) is 2.45. The van der Waals surface area contributed by atoms with Gasteiger partial charge in [-0.05, 0) is 24.5 Å². The van der Waals surface area contributed by atoms with E-state index in [1.165, 1.54) is 17.9 Å². The Morgan fingerprint density at radius 2 is 2.24 bits per heavy atom. The van der Waals surface area contributed by atoms with Crippen molar-refractivity contribution in [3.63, 3.8) is 0 Å². The Balaban J connectivity index is 1.36. The molecule has 5 nitrogen and oxygen atoms in total. The van der Waals surface area contributed by atoms with Crippen molar-refractivity contribution < 1.29 is 0 Å². The first-order valence-corrected chi connectivity index (χ1v) is 7.52. The minimum atomic E-state index is 0.686. The fourth-order valence-electron chi connectivity index (χ4n) is 3.12. The van der Waals surface area contributed by atoms with Gasteiger partial charge in [-0.3, -0.25) is 0 Å². The van der Waals surface area contributed by atoms with Crippen LogP contribution in [0.1, 0.15) is 17.9 Å². The summed E-state index contributed by atoms with van der Waals surface area (Å²) in [7, 11) is 0. The Hall–Kier alpha value is -2.14. The van der Waals surface area contributed by atoms with Gasteiger partial charge < -0.3 is 14.3 Å². The lowest BCUT2D eigenvalue weighted by Gasteiger charge is -2.24. The molecule has 3 aromatic rings. The SMILES string of the molecule is c1ccn2c(CNC[C@H]3CCc4nccn4C3)cnc2c1. The highest BCUT2D eigenvalue weighted by Gasteiger charge is 2.18. The Morgan fingerprint density at radius 1 is 1.24 bits per heavy atom. The van der Waals surface area contributed by atoms with Crippen LogP contribution in [0.5, 0.6) is 0 Å². The second-order valence-electron chi connectivity index (χ2n) is 5.71. The van der Waals surface area contributed by atoms with Crippen LogP contribution < -0.4 is 5.32 Å². The Bertz CT molecular complexity index is 742. The first kappa shape index (κ1) is 12.6. The number of hydrogen-bond donors (Lipinski definition) is 1. The largest absolute Gasteiger partial charge is 0.335 e. The molecule has 0 unspecified atom stereocenters. The third-order valence-electron chi connectivity index (χ3n) is 4.27. The van der Waals surface area contributed by atoms with Crippen molar-refractivity contribution in [2.24, 2.45) is 5.92 Å². The van der Waals surface area contributed by atoms with Gasteiger partial charge >= 0.3 is 0 Å². The zero-order valence-electron chi connectivity index (χ0n) is 11.9.